The molecule has 0 radical (unpaired) electrons. The van der Waals surface area contributed by atoms with Gasteiger partial charge in [0.25, 0.3) is 0 Å². The third-order valence-corrected chi connectivity index (χ3v) is 2.74. The number of rotatable bonds is 5. The van der Waals surface area contributed by atoms with Gasteiger partial charge in [-0.2, -0.15) is 0 Å². The molecule has 0 saturated heterocycles. The van der Waals surface area contributed by atoms with Gasteiger partial charge in [-0.1, -0.05) is 30.9 Å². The molecule has 0 fully saturated rings. The number of aromatic nitrogens is 2. The molecule has 1 aromatic carbocycles. The maximum Gasteiger partial charge on any atom is 0.0907 e. The largest absolute Gasteiger partial charge is 0.376 e. The number of likely N-dealkylation sites (N-methyl/N-ethyl adjacent to an activating group) is 1. The summed E-state index contributed by atoms with van der Waals surface area (Å²) >= 11 is 0. The van der Waals surface area contributed by atoms with E-state index in [1.807, 2.05) is 48.5 Å². The maximum absolute atomic E-state index is 4.61. The van der Waals surface area contributed by atoms with Gasteiger partial charge >= 0.3 is 0 Å². The van der Waals surface area contributed by atoms with E-state index in [-0.39, 0.29) is 0 Å². The van der Waals surface area contributed by atoms with Gasteiger partial charge in [-0.05, 0) is 12.1 Å². The van der Waals surface area contributed by atoms with Crippen LogP contribution in [-0.2, 0) is 0 Å². The van der Waals surface area contributed by atoms with Gasteiger partial charge in [0.05, 0.1) is 22.9 Å². The zero-order chi connectivity index (χ0) is 13.7. The van der Waals surface area contributed by atoms with E-state index >= 15 is 0 Å². The van der Waals surface area contributed by atoms with Gasteiger partial charge in [0.15, 0.2) is 0 Å². The van der Waals surface area contributed by atoms with Gasteiger partial charge in [0, 0.05) is 25.4 Å². The third-order valence-electron chi connectivity index (χ3n) is 2.74. The predicted molar refractivity (Wildman–Crippen MR) is 80.5 cm³/mol. The van der Waals surface area contributed by atoms with Crippen molar-refractivity contribution in [3.8, 4) is 0 Å². The molecular weight excluding hydrogens is 234 g/mol. The van der Waals surface area contributed by atoms with Crippen LogP contribution in [0.25, 0.3) is 16.6 Å². The van der Waals surface area contributed by atoms with Crippen LogP contribution in [0.5, 0.6) is 0 Å². The first-order valence-electron chi connectivity index (χ1n) is 6.12. The minimum atomic E-state index is 0.776. The van der Waals surface area contributed by atoms with Crippen molar-refractivity contribution in [1.29, 1.82) is 0 Å². The summed E-state index contributed by atoms with van der Waals surface area (Å²) < 4.78 is 0. The number of hydrogen-bond acceptors (Lipinski definition) is 3. The van der Waals surface area contributed by atoms with Crippen LogP contribution in [0.3, 0.4) is 0 Å². The lowest BCUT2D eigenvalue weighted by atomic mass is 10.2. The lowest BCUT2D eigenvalue weighted by Crippen LogP contribution is -2.10. The van der Waals surface area contributed by atoms with E-state index in [1.165, 1.54) is 0 Å². The molecular formula is C16H17N3. The first kappa shape index (κ1) is 13.0. The minimum Gasteiger partial charge on any atom is -0.376 e. The molecule has 0 spiro atoms. The van der Waals surface area contributed by atoms with Gasteiger partial charge in [-0.3, -0.25) is 4.98 Å². The molecule has 0 aliphatic carbocycles. The smallest absolute Gasteiger partial charge is 0.0907 e. The molecule has 0 saturated carbocycles. The van der Waals surface area contributed by atoms with E-state index in [0.717, 1.165) is 28.8 Å². The van der Waals surface area contributed by atoms with E-state index < -0.39 is 0 Å². The van der Waals surface area contributed by atoms with Crippen LogP contribution in [0.2, 0.25) is 0 Å². The standard InChI is InChI=1S/C16H17N3/c1-4-10-19(3)12-13(5-2)16-11-17-14-8-6-7-9-15(14)18-16/h4-9,11-12H,1-2,10H2,3H3/b13-12+. The van der Waals surface area contributed by atoms with E-state index in [0.29, 0.717) is 0 Å². The van der Waals surface area contributed by atoms with Crippen LogP contribution in [0.1, 0.15) is 5.69 Å². The Morgan fingerprint density at radius 3 is 2.68 bits per heavy atom. The summed E-state index contributed by atoms with van der Waals surface area (Å²) in [6, 6.07) is 7.83. The summed E-state index contributed by atoms with van der Waals surface area (Å²) in [4.78, 5) is 11.0. The van der Waals surface area contributed by atoms with Gasteiger partial charge in [0.1, 0.15) is 0 Å². The Morgan fingerprint density at radius 1 is 1.26 bits per heavy atom. The molecule has 1 heterocycles. The van der Waals surface area contributed by atoms with Gasteiger partial charge in [-0.15, -0.1) is 6.58 Å². The third kappa shape index (κ3) is 3.07. The minimum absolute atomic E-state index is 0.776. The fraction of sp³-hybridized carbons (Fsp3) is 0.125. The molecule has 1 aromatic heterocycles. The fourth-order valence-corrected chi connectivity index (χ4v) is 1.81. The molecule has 0 bridgehead atoms. The lowest BCUT2D eigenvalue weighted by molar-refractivity contribution is 0.512. The summed E-state index contributed by atoms with van der Waals surface area (Å²) in [5.41, 5.74) is 3.56. The van der Waals surface area contributed by atoms with Crippen LogP contribution < -0.4 is 0 Å². The van der Waals surface area contributed by atoms with Gasteiger partial charge < -0.3 is 4.90 Å². The molecule has 0 unspecified atom stereocenters. The lowest BCUT2D eigenvalue weighted by Gasteiger charge is -2.13. The number of benzene rings is 1. The Morgan fingerprint density at radius 2 is 2.00 bits per heavy atom. The Hall–Kier alpha value is -2.42. The van der Waals surface area contributed by atoms with E-state index in [4.69, 9.17) is 0 Å². The highest BCUT2D eigenvalue weighted by Gasteiger charge is 2.03. The SMILES string of the molecule is C=CCN(C)/C=C(\C=C)c1cnc2ccccc2n1. The average Bonchev–Trinajstić information content (AvgIpc) is 2.44. The van der Waals surface area contributed by atoms with Crippen molar-refractivity contribution in [2.75, 3.05) is 13.6 Å². The van der Waals surface area contributed by atoms with Crippen LogP contribution in [0.4, 0.5) is 0 Å². The highest BCUT2D eigenvalue weighted by molar-refractivity contribution is 5.78. The number of allylic oxidation sites excluding steroid dienone is 2. The van der Waals surface area contributed by atoms with Gasteiger partial charge in [-0.25, -0.2) is 4.98 Å². The van der Waals surface area contributed by atoms with Crippen LogP contribution in [-0.4, -0.2) is 28.5 Å². The van der Waals surface area contributed by atoms with E-state index in [9.17, 15) is 0 Å². The second-order valence-corrected chi connectivity index (χ2v) is 4.26. The number of para-hydroxylation sites is 2. The first-order valence-corrected chi connectivity index (χ1v) is 6.12. The Bertz CT molecular complexity index is 629. The van der Waals surface area contributed by atoms with Crippen molar-refractivity contribution >= 4 is 16.6 Å². The number of hydrogen-bond donors (Lipinski definition) is 0. The Balaban J connectivity index is 2.40. The Labute approximate surface area is 113 Å². The van der Waals surface area contributed by atoms with Crippen molar-refractivity contribution in [2.45, 2.75) is 0 Å². The second-order valence-electron chi connectivity index (χ2n) is 4.26. The molecule has 3 heteroatoms. The molecule has 0 aliphatic heterocycles. The molecule has 0 amide bonds. The molecule has 0 N–H and O–H groups in total. The topological polar surface area (TPSA) is 29.0 Å². The summed E-state index contributed by atoms with van der Waals surface area (Å²) in [5, 5.41) is 0. The first-order chi connectivity index (χ1) is 9.24. The molecule has 2 aromatic rings. The molecule has 3 nitrogen and oxygen atoms in total. The van der Waals surface area contributed by atoms with Gasteiger partial charge in [0.2, 0.25) is 0 Å². The van der Waals surface area contributed by atoms with Crippen LogP contribution >= 0.6 is 0 Å². The quantitative estimate of drug-likeness (QED) is 0.603. The Kier molecular flexibility index (Phi) is 4.08. The van der Waals surface area contributed by atoms with Crippen molar-refractivity contribution < 1.29 is 0 Å². The molecule has 96 valence electrons. The second kappa shape index (κ2) is 5.96. The fourth-order valence-electron chi connectivity index (χ4n) is 1.81. The van der Waals surface area contributed by atoms with Crippen LogP contribution in [0.15, 0.2) is 62.0 Å². The highest BCUT2D eigenvalue weighted by Crippen LogP contribution is 2.16. The molecule has 0 aliphatic rings. The van der Waals surface area contributed by atoms with Crippen molar-refractivity contribution in [2.24, 2.45) is 0 Å². The molecule has 2 rings (SSSR count). The van der Waals surface area contributed by atoms with Crippen molar-refractivity contribution in [3.05, 3.63) is 67.7 Å². The summed E-state index contributed by atoms with van der Waals surface area (Å²) in [6.07, 6.45) is 7.41. The monoisotopic (exact) mass is 251 g/mol. The zero-order valence-electron chi connectivity index (χ0n) is 11.1. The zero-order valence-corrected chi connectivity index (χ0v) is 11.1. The normalized spacial score (nSPS) is 11.3. The molecule has 0 atom stereocenters. The summed E-state index contributed by atoms with van der Waals surface area (Å²) in [6.45, 7) is 8.34. The van der Waals surface area contributed by atoms with Crippen LogP contribution in [0, 0.1) is 0 Å². The molecule has 19 heavy (non-hydrogen) atoms. The average molecular weight is 251 g/mol. The van der Waals surface area contributed by atoms with E-state index in [2.05, 4.69) is 23.1 Å². The van der Waals surface area contributed by atoms with E-state index in [1.54, 1.807) is 12.3 Å². The van der Waals surface area contributed by atoms with Crippen molar-refractivity contribution in [1.82, 2.24) is 14.9 Å². The van der Waals surface area contributed by atoms with Crippen molar-refractivity contribution in [3.63, 3.8) is 0 Å². The highest BCUT2D eigenvalue weighted by atomic mass is 15.1. The number of nitrogens with zero attached hydrogens (tertiary/aromatic N) is 3. The number of fused-ring (bicyclic) bond motifs is 1. The summed E-state index contributed by atoms with van der Waals surface area (Å²) in [7, 11) is 1.99. The maximum atomic E-state index is 4.61. The summed E-state index contributed by atoms with van der Waals surface area (Å²) in [5.74, 6) is 0. The predicted octanol–water partition coefficient (Wildman–Crippen LogP) is 3.27.